The number of rotatable bonds is 21. The van der Waals surface area contributed by atoms with Gasteiger partial charge in [0.05, 0.1) is 52.2 Å². The molecule has 2 aliphatic heterocycles. The van der Waals surface area contributed by atoms with Crippen LogP contribution in [0.2, 0.25) is 0 Å². The molecule has 8 amide bonds. The lowest BCUT2D eigenvalue weighted by Crippen LogP contribution is -2.40. The number of aliphatic hydroxyl groups is 1. The predicted octanol–water partition coefficient (Wildman–Crippen LogP) is 8.25. The number of allylic oxidation sites excluding steroid dienone is 1. The average Bonchev–Trinajstić information content (AvgIpc) is 1.64. The van der Waals surface area contributed by atoms with Gasteiger partial charge in [0, 0.05) is 92.7 Å². The van der Waals surface area contributed by atoms with Gasteiger partial charge in [-0.3, -0.25) is 62.4 Å². The van der Waals surface area contributed by atoms with E-state index >= 15 is 0 Å². The first-order valence-corrected chi connectivity index (χ1v) is 32.4. The quantitative estimate of drug-likeness (QED) is 0.0248. The first kappa shape index (κ1) is 74.9. The first-order valence-electron chi connectivity index (χ1n) is 30.5. The minimum absolute atomic E-state index is 0.0195. The van der Waals surface area contributed by atoms with E-state index in [1.54, 1.807) is 102 Å². The zero-order chi connectivity index (χ0) is 72.5. The molecular formula is C69H74F3N11O13S2. The Labute approximate surface area is 570 Å². The summed E-state index contributed by atoms with van der Waals surface area (Å²) in [6.07, 6.45) is -0.596. The highest BCUT2D eigenvalue weighted by molar-refractivity contribution is 8.14. The molecule has 1 saturated heterocycles. The Hall–Kier alpha value is -10.5. The van der Waals surface area contributed by atoms with Crippen LogP contribution in [-0.2, 0) is 45.1 Å². The molecule has 9 rings (SSSR count). The summed E-state index contributed by atoms with van der Waals surface area (Å²) >= 11 is 2.31. The molecule has 2 aliphatic rings. The summed E-state index contributed by atoms with van der Waals surface area (Å²) in [7, 11) is 4.78. The van der Waals surface area contributed by atoms with Crippen LogP contribution < -0.4 is 37.2 Å². The summed E-state index contributed by atoms with van der Waals surface area (Å²) in [6, 6.07) is 14.4. The second-order valence-electron chi connectivity index (χ2n) is 23.2. The first-order chi connectivity index (χ1) is 46.2. The Kier molecular flexibility index (Phi) is 24.5. The number of Topliss-reactive ketones (excluding diaryl/α,β-unsaturated/α-hetero) is 4. The molecule has 0 bridgehead atoms. The van der Waals surface area contributed by atoms with Crippen molar-refractivity contribution in [3.63, 3.8) is 0 Å². The SMILES string of the molecule is CC1=C(CCNC(=O)C(=O)c2c(C)c(C(=O)Nc3ccc(F)c(C)c3)c(C)n2C)C(=O)CN1.Cc1cc(NC(=O)c2c(C)c(C(=O)C(=O)NCC(O)c3ccsc3)n(C)c2C)ccc1F.Cc1cc(NC(=O)c2c(C)c(C(=O)C(=O)NCCN3C(=O)CSC3=O)n(C)c2C)ccc1F. The summed E-state index contributed by atoms with van der Waals surface area (Å²) in [5.41, 5.74) is 8.04. The van der Waals surface area contributed by atoms with Crippen molar-refractivity contribution in [3.05, 3.63) is 190 Å². The molecule has 0 saturated carbocycles. The minimum atomic E-state index is -0.922. The van der Waals surface area contributed by atoms with Crippen LogP contribution in [0.3, 0.4) is 0 Å². The van der Waals surface area contributed by atoms with E-state index in [0.29, 0.717) is 85.1 Å². The molecule has 1 atom stereocenters. The maximum Gasteiger partial charge on any atom is 0.294 e. The van der Waals surface area contributed by atoms with Crippen LogP contribution in [0.25, 0.3) is 0 Å². The van der Waals surface area contributed by atoms with E-state index in [1.165, 1.54) is 79.6 Å². The number of nitrogens with one attached hydrogen (secondary N) is 7. The molecule has 1 unspecified atom stereocenters. The average molecular weight is 1390 g/mol. The molecule has 6 heterocycles. The third kappa shape index (κ3) is 16.8. The van der Waals surface area contributed by atoms with Crippen molar-refractivity contribution in [1.29, 1.82) is 0 Å². The number of halogens is 3. The smallest absolute Gasteiger partial charge is 0.294 e. The molecule has 0 aliphatic carbocycles. The van der Waals surface area contributed by atoms with Crippen molar-refractivity contribution < 1.29 is 75.8 Å². The molecule has 516 valence electrons. The van der Waals surface area contributed by atoms with Crippen LogP contribution in [0.4, 0.5) is 35.0 Å². The normalized spacial score (nSPS) is 12.8. The molecule has 8 N–H and O–H groups in total. The van der Waals surface area contributed by atoms with Crippen molar-refractivity contribution in [1.82, 2.24) is 39.9 Å². The zero-order valence-electron chi connectivity index (χ0n) is 56.0. The van der Waals surface area contributed by atoms with Crippen LogP contribution in [0.5, 0.6) is 0 Å². The molecule has 7 aromatic rings. The molecular weight excluding hydrogens is 1310 g/mol. The van der Waals surface area contributed by atoms with Gasteiger partial charge in [-0.15, -0.1) is 0 Å². The van der Waals surface area contributed by atoms with Crippen molar-refractivity contribution in [2.24, 2.45) is 21.1 Å². The van der Waals surface area contributed by atoms with Gasteiger partial charge in [-0.05, 0) is 186 Å². The number of carbonyl (C=O) groups is 12. The minimum Gasteiger partial charge on any atom is -0.387 e. The van der Waals surface area contributed by atoms with E-state index in [0.717, 1.165) is 22.4 Å². The van der Waals surface area contributed by atoms with Crippen molar-refractivity contribution in [2.45, 2.75) is 81.8 Å². The van der Waals surface area contributed by atoms with Crippen LogP contribution in [0.15, 0.2) is 82.7 Å². The lowest BCUT2D eigenvalue weighted by molar-refractivity contribution is -0.125. The second kappa shape index (κ2) is 32.0. The number of aromatic nitrogens is 3. The van der Waals surface area contributed by atoms with E-state index in [1.807, 2.05) is 5.38 Å². The van der Waals surface area contributed by atoms with Gasteiger partial charge in [-0.1, -0.05) is 11.8 Å². The fraction of sp³-hybridized carbons (Fsp3) is 0.304. The number of aryl methyl sites for hydroxylation is 3. The monoisotopic (exact) mass is 1390 g/mol. The van der Waals surface area contributed by atoms with Gasteiger partial charge in [-0.25, -0.2) is 13.2 Å². The molecule has 3 aromatic carbocycles. The van der Waals surface area contributed by atoms with E-state index in [9.17, 15) is 75.8 Å². The van der Waals surface area contributed by atoms with Crippen LogP contribution in [0, 0.1) is 79.8 Å². The van der Waals surface area contributed by atoms with Gasteiger partial charge < -0.3 is 56.0 Å². The molecule has 0 spiro atoms. The van der Waals surface area contributed by atoms with Crippen molar-refractivity contribution >= 4 is 110 Å². The Bertz CT molecular complexity index is 4450. The topological polar surface area (TPSA) is 327 Å². The number of thioether (sulfide) groups is 1. The Morgan fingerprint density at radius 3 is 1.28 bits per heavy atom. The van der Waals surface area contributed by atoms with Gasteiger partial charge in [0.25, 0.3) is 58.0 Å². The molecule has 98 heavy (non-hydrogen) atoms. The van der Waals surface area contributed by atoms with Gasteiger partial charge in [0.15, 0.2) is 5.78 Å². The van der Waals surface area contributed by atoms with E-state index in [2.05, 4.69) is 37.2 Å². The second-order valence-corrected chi connectivity index (χ2v) is 25.0. The molecule has 1 fully saturated rings. The van der Waals surface area contributed by atoms with Crippen LogP contribution in [0.1, 0.15) is 138 Å². The third-order valence-electron chi connectivity index (χ3n) is 16.8. The highest BCUT2D eigenvalue weighted by Gasteiger charge is 2.34. The fourth-order valence-electron chi connectivity index (χ4n) is 11.1. The standard InChI is InChI=1S/C24H27FN4O4.C23H24FN3O4S.C22H23FN4O5S/c1-12-10-16(6-7-18(12)25)28-23(32)20-13(2)21(29(5)15(20)4)22(31)24(33)26-9-8-17-14(3)27-11-19(17)30;1-12-9-16(5-6-17(12)24)26-22(30)19-13(2)20(27(4)14(19)3)21(29)23(31)25-10-18(28)15-7-8-32-11-15;1-11-9-14(5-6-15(11)23)25-20(30)17-12(2)18(26(4)13(17)3)19(29)21(31)24-7-8-27-16(28)10-33-22(27)32/h6-7,10,27H,8-9,11H2,1-5H3,(H,26,33)(H,28,32);5-9,11,18,28H,10H2,1-4H3,(H,25,31)(H,26,30);5-6,9H,7-8,10H2,1-4H3,(H,24,31)(H,25,30). The zero-order valence-corrected chi connectivity index (χ0v) is 57.7. The number of ketones is 4. The number of hydrogen-bond acceptors (Lipinski definition) is 16. The van der Waals surface area contributed by atoms with Crippen molar-refractivity contribution in [3.8, 4) is 0 Å². The van der Waals surface area contributed by atoms with Gasteiger partial charge >= 0.3 is 0 Å². The summed E-state index contributed by atoms with van der Waals surface area (Å²) in [4.78, 5) is 151. The molecule has 4 aromatic heterocycles. The van der Waals surface area contributed by atoms with E-state index in [4.69, 9.17) is 0 Å². The summed E-state index contributed by atoms with van der Waals surface area (Å²) in [6.45, 7) is 16.5. The number of benzene rings is 3. The number of thiophene rings is 1. The number of aliphatic hydroxyl groups excluding tert-OH is 1. The molecule has 24 nitrogen and oxygen atoms in total. The van der Waals surface area contributed by atoms with Gasteiger partial charge in [-0.2, -0.15) is 11.3 Å². The summed E-state index contributed by atoms with van der Waals surface area (Å²) in [5, 5.41) is 31.8. The highest BCUT2D eigenvalue weighted by atomic mass is 32.2. The van der Waals surface area contributed by atoms with Crippen LogP contribution >= 0.6 is 23.1 Å². The largest absolute Gasteiger partial charge is 0.387 e. The van der Waals surface area contributed by atoms with Crippen molar-refractivity contribution in [2.75, 3.05) is 54.4 Å². The van der Waals surface area contributed by atoms with Gasteiger partial charge in [0.1, 0.15) is 17.5 Å². The van der Waals surface area contributed by atoms with E-state index < -0.39 is 64.7 Å². The Balaban J connectivity index is 0.000000207. The number of hydrogen-bond donors (Lipinski definition) is 8. The maximum absolute atomic E-state index is 13.5. The summed E-state index contributed by atoms with van der Waals surface area (Å²) < 4.78 is 45.0. The number of amides is 8. The molecule has 29 heteroatoms. The number of nitrogens with zero attached hydrogens (tertiary/aromatic N) is 4. The summed E-state index contributed by atoms with van der Waals surface area (Å²) in [5.74, 6) is -7.86. The fourth-order valence-corrected chi connectivity index (χ4v) is 12.6. The predicted molar refractivity (Wildman–Crippen MR) is 363 cm³/mol. The molecule has 0 radical (unpaired) electrons. The van der Waals surface area contributed by atoms with Gasteiger partial charge in [0.2, 0.25) is 5.91 Å². The highest BCUT2D eigenvalue weighted by Crippen LogP contribution is 2.28. The Morgan fingerprint density at radius 2 is 0.939 bits per heavy atom. The number of imide groups is 1. The third-order valence-corrected chi connectivity index (χ3v) is 18.4. The lowest BCUT2D eigenvalue weighted by Gasteiger charge is -2.13. The van der Waals surface area contributed by atoms with E-state index in [-0.39, 0.29) is 101 Å². The Morgan fingerprint density at radius 1 is 0.551 bits per heavy atom. The van der Waals surface area contributed by atoms with Crippen LogP contribution in [-0.4, -0.2) is 132 Å². The number of anilines is 3. The lowest BCUT2D eigenvalue weighted by atomic mass is 10.1. The maximum atomic E-state index is 13.5. The number of carbonyl (C=O) groups excluding carboxylic acids is 12.